The summed E-state index contributed by atoms with van der Waals surface area (Å²) in [6, 6.07) is 3.11. The summed E-state index contributed by atoms with van der Waals surface area (Å²) in [5, 5.41) is 16.2. The lowest BCUT2D eigenvalue weighted by Crippen LogP contribution is -2.53. The van der Waals surface area contributed by atoms with E-state index < -0.39 is 31.0 Å². The predicted octanol–water partition coefficient (Wildman–Crippen LogP) is 5.06. The number of nitrogens with one attached hydrogen (secondary N) is 2. The number of hydrogen-bond acceptors (Lipinski definition) is 6. The molecule has 13 heteroatoms. The second kappa shape index (κ2) is 9.01. The van der Waals surface area contributed by atoms with Gasteiger partial charge in [-0.15, -0.1) is 0 Å². The van der Waals surface area contributed by atoms with E-state index in [-0.39, 0.29) is 28.3 Å². The molecule has 3 heterocycles. The van der Waals surface area contributed by atoms with Crippen LogP contribution in [-0.4, -0.2) is 50.5 Å². The molecule has 1 aliphatic heterocycles. The van der Waals surface area contributed by atoms with Crippen molar-refractivity contribution >= 4 is 35.3 Å². The third-order valence-corrected chi connectivity index (χ3v) is 5.71. The fraction of sp³-hybridized carbons (Fsp3) is 0.286. The fourth-order valence-corrected chi connectivity index (χ4v) is 4.09. The first-order chi connectivity index (χ1) is 16.1. The molecule has 2 N–H and O–H groups in total. The van der Waals surface area contributed by atoms with Crippen molar-refractivity contribution < 1.29 is 17.6 Å². The van der Waals surface area contributed by atoms with E-state index in [4.69, 9.17) is 22.4 Å². The highest BCUT2D eigenvalue weighted by atomic mass is 35.5. The maximum absolute atomic E-state index is 13.5. The summed E-state index contributed by atoms with van der Waals surface area (Å²) in [7, 11) is 0. The molecule has 178 valence electrons. The first kappa shape index (κ1) is 23.6. The monoisotopic (exact) mass is 494 g/mol. The van der Waals surface area contributed by atoms with Crippen molar-refractivity contribution in [1.82, 2.24) is 19.5 Å². The maximum Gasteiger partial charge on any atom is 0.390 e. The van der Waals surface area contributed by atoms with E-state index in [9.17, 15) is 17.6 Å². The Balaban J connectivity index is 1.83. The normalized spacial score (nSPS) is 16.1. The van der Waals surface area contributed by atoms with Crippen LogP contribution in [0.3, 0.4) is 0 Å². The molecule has 1 unspecified atom stereocenters. The zero-order valence-corrected chi connectivity index (χ0v) is 18.6. The Morgan fingerprint density at radius 3 is 2.65 bits per heavy atom. The first-order valence-electron chi connectivity index (χ1n) is 10.2. The lowest BCUT2D eigenvalue weighted by molar-refractivity contribution is -0.132. The van der Waals surface area contributed by atoms with Gasteiger partial charge in [0.15, 0.2) is 5.82 Å². The molecule has 0 spiro atoms. The third kappa shape index (κ3) is 4.32. The highest BCUT2D eigenvalue weighted by molar-refractivity contribution is 6.33. The Morgan fingerprint density at radius 1 is 1.24 bits per heavy atom. The number of hydrogen-bond donors (Lipinski definition) is 2. The highest BCUT2D eigenvalue weighted by Gasteiger charge is 2.38. The van der Waals surface area contributed by atoms with Crippen molar-refractivity contribution in [1.29, 1.82) is 10.8 Å². The van der Waals surface area contributed by atoms with Gasteiger partial charge in [0.25, 0.3) is 0 Å². The van der Waals surface area contributed by atoms with Crippen LogP contribution >= 0.6 is 11.6 Å². The zero-order chi connectivity index (χ0) is 24.6. The van der Waals surface area contributed by atoms with Gasteiger partial charge in [0.2, 0.25) is 5.95 Å². The van der Waals surface area contributed by atoms with Gasteiger partial charge in [0.1, 0.15) is 23.2 Å². The number of benzene rings is 1. The van der Waals surface area contributed by atoms with Crippen molar-refractivity contribution in [3.05, 3.63) is 47.6 Å². The van der Waals surface area contributed by atoms with Gasteiger partial charge in [0.05, 0.1) is 30.0 Å². The smallest absolute Gasteiger partial charge is 0.344 e. The molecule has 0 saturated heterocycles. The lowest BCUT2D eigenvalue weighted by atomic mass is 10.1. The lowest BCUT2D eigenvalue weighted by Gasteiger charge is -2.42. The van der Waals surface area contributed by atoms with Crippen LogP contribution in [0.25, 0.3) is 17.3 Å². The number of rotatable bonds is 6. The van der Waals surface area contributed by atoms with E-state index in [2.05, 4.69) is 15.0 Å². The molecule has 0 bridgehead atoms. The Morgan fingerprint density at radius 2 is 2.00 bits per heavy atom. The molecule has 2 aromatic heterocycles. The summed E-state index contributed by atoms with van der Waals surface area (Å²) in [6.45, 7) is 1.33. The SMILES string of the molecule is CCC1C(=N)N(C=N)c2cnc(-n3ccnc3-c3ccc(F)cc3Cl)nc2N1CCC(F)(F)F. The van der Waals surface area contributed by atoms with E-state index in [1.807, 2.05) is 0 Å². The molecular weight excluding hydrogens is 476 g/mol. The van der Waals surface area contributed by atoms with Gasteiger partial charge in [-0.25, -0.2) is 14.4 Å². The summed E-state index contributed by atoms with van der Waals surface area (Å²) >= 11 is 6.19. The number of alkyl halides is 3. The zero-order valence-electron chi connectivity index (χ0n) is 17.8. The molecule has 1 aromatic carbocycles. The summed E-state index contributed by atoms with van der Waals surface area (Å²) in [5.41, 5.74) is 0.634. The Kier molecular flexibility index (Phi) is 6.26. The minimum absolute atomic E-state index is 0.0371. The third-order valence-electron chi connectivity index (χ3n) is 5.40. The number of amidine groups is 1. The molecule has 34 heavy (non-hydrogen) atoms. The Hall–Kier alpha value is -3.54. The molecular formula is C21H19ClF4N8. The van der Waals surface area contributed by atoms with Crippen LogP contribution in [0.5, 0.6) is 0 Å². The van der Waals surface area contributed by atoms with Gasteiger partial charge >= 0.3 is 6.18 Å². The van der Waals surface area contributed by atoms with E-state index in [1.165, 1.54) is 38.9 Å². The number of halogens is 5. The number of nitrogens with zero attached hydrogens (tertiary/aromatic N) is 6. The molecule has 4 rings (SSSR count). The fourth-order valence-electron chi connectivity index (χ4n) is 3.84. The van der Waals surface area contributed by atoms with E-state index in [1.54, 1.807) is 13.1 Å². The number of fused-ring (bicyclic) bond motifs is 1. The Bertz CT molecular complexity index is 1240. The second-order valence-electron chi connectivity index (χ2n) is 7.49. The molecule has 8 nitrogen and oxygen atoms in total. The van der Waals surface area contributed by atoms with Crippen molar-refractivity contribution in [3.8, 4) is 17.3 Å². The van der Waals surface area contributed by atoms with Gasteiger partial charge in [-0.05, 0) is 24.6 Å². The predicted molar refractivity (Wildman–Crippen MR) is 121 cm³/mol. The number of aromatic nitrogens is 4. The van der Waals surface area contributed by atoms with Gasteiger partial charge in [0, 0.05) is 24.5 Å². The maximum atomic E-state index is 13.5. The molecule has 1 aliphatic rings. The van der Waals surface area contributed by atoms with Gasteiger partial charge in [-0.1, -0.05) is 18.5 Å². The summed E-state index contributed by atoms with van der Waals surface area (Å²) in [4.78, 5) is 15.7. The van der Waals surface area contributed by atoms with Crippen molar-refractivity contribution in [2.24, 2.45) is 0 Å². The Labute approximate surface area is 196 Å². The van der Waals surface area contributed by atoms with Crippen LogP contribution in [0.1, 0.15) is 19.8 Å². The van der Waals surface area contributed by atoms with Gasteiger partial charge < -0.3 is 4.90 Å². The largest absolute Gasteiger partial charge is 0.390 e. The summed E-state index contributed by atoms with van der Waals surface area (Å²) < 4.78 is 54.2. The van der Waals surface area contributed by atoms with Crippen LogP contribution in [0.2, 0.25) is 5.02 Å². The van der Waals surface area contributed by atoms with Crippen LogP contribution in [-0.2, 0) is 0 Å². The number of imidazole rings is 1. The molecule has 0 amide bonds. The van der Waals surface area contributed by atoms with Crippen molar-refractivity contribution in [3.63, 3.8) is 0 Å². The number of anilines is 2. The topological polar surface area (TPSA) is 97.8 Å². The van der Waals surface area contributed by atoms with Crippen LogP contribution < -0.4 is 9.80 Å². The van der Waals surface area contributed by atoms with Crippen LogP contribution in [0, 0.1) is 16.6 Å². The quantitative estimate of drug-likeness (QED) is 0.283. The minimum Gasteiger partial charge on any atom is -0.344 e. The standard InChI is InChI=1S/C21H19ClF4N8/c1-2-15-17(28)34(11-27)16-10-30-20(31-19(16)32(15)7-5-21(24,25)26)33-8-6-29-18(33)13-4-3-12(23)9-14(13)22/h3-4,6,8-11,15,27-28H,2,5,7H2,1H3. The summed E-state index contributed by atoms with van der Waals surface area (Å²) in [5.74, 6) is 0.00976. The van der Waals surface area contributed by atoms with Crippen molar-refractivity contribution in [2.45, 2.75) is 32.0 Å². The summed E-state index contributed by atoms with van der Waals surface area (Å²) in [6.07, 6.45) is 0.116. The average molecular weight is 495 g/mol. The molecule has 0 fully saturated rings. The average Bonchev–Trinajstić information content (AvgIpc) is 3.26. The molecule has 0 radical (unpaired) electrons. The van der Waals surface area contributed by atoms with Gasteiger partial charge in [-0.3, -0.25) is 20.3 Å². The molecule has 3 aromatic rings. The van der Waals surface area contributed by atoms with E-state index >= 15 is 0 Å². The first-order valence-corrected chi connectivity index (χ1v) is 10.6. The van der Waals surface area contributed by atoms with Crippen LogP contribution in [0.4, 0.5) is 29.1 Å². The van der Waals surface area contributed by atoms with E-state index in [0.717, 1.165) is 12.4 Å². The molecule has 0 saturated carbocycles. The highest BCUT2D eigenvalue weighted by Crippen LogP contribution is 2.37. The van der Waals surface area contributed by atoms with Crippen LogP contribution in [0.15, 0.2) is 36.8 Å². The van der Waals surface area contributed by atoms with E-state index in [0.29, 0.717) is 17.8 Å². The molecule has 0 aliphatic carbocycles. The molecule has 1 atom stereocenters. The van der Waals surface area contributed by atoms with Crippen molar-refractivity contribution in [2.75, 3.05) is 16.3 Å². The minimum atomic E-state index is -4.40. The second-order valence-corrected chi connectivity index (χ2v) is 7.90. The van der Waals surface area contributed by atoms with Gasteiger partial charge in [-0.2, -0.15) is 18.2 Å².